The van der Waals surface area contributed by atoms with Crippen LogP contribution in [0.4, 0.5) is 0 Å². The molecule has 0 amide bonds. The molecule has 0 atom stereocenters. The van der Waals surface area contributed by atoms with Crippen LogP contribution in [-0.4, -0.2) is 19.5 Å². The molecule has 174 valence electrons. The quantitative estimate of drug-likeness (QED) is 0.378. The number of hydrogen-bond acceptors (Lipinski definition) is 5. The highest BCUT2D eigenvalue weighted by Gasteiger charge is 2.15. The average molecular weight is 455 g/mol. The van der Waals surface area contributed by atoms with Crippen molar-refractivity contribution in [1.82, 2.24) is 19.5 Å². The predicted molar refractivity (Wildman–Crippen MR) is 135 cm³/mol. The lowest BCUT2D eigenvalue weighted by atomic mass is 10.1. The van der Waals surface area contributed by atoms with Gasteiger partial charge in [-0.05, 0) is 51.0 Å². The number of aryl methyl sites for hydroxylation is 3. The molecule has 1 aromatic carbocycles. The molecule has 0 bridgehead atoms. The van der Waals surface area contributed by atoms with E-state index in [9.17, 15) is 4.79 Å². The fourth-order valence-electron chi connectivity index (χ4n) is 3.91. The van der Waals surface area contributed by atoms with Gasteiger partial charge < -0.3 is 4.74 Å². The first kappa shape index (κ1) is 23.4. The molecular weight excluding hydrogens is 424 g/mol. The van der Waals surface area contributed by atoms with E-state index in [1.807, 2.05) is 50.4 Å². The molecule has 0 spiro atoms. The second-order valence-electron chi connectivity index (χ2n) is 9.01. The zero-order valence-corrected chi connectivity index (χ0v) is 20.6. The summed E-state index contributed by atoms with van der Waals surface area (Å²) in [6, 6.07) is 13.8. The van der Waals surface area contributed by atoms with E-state index in [-0.39, 0.29) is 11.5 Å². The van der Waals surface area contributed by atoms with Crippen molar-refractivity contribution < 1.29 is 4.74 Å². The molecule has 34 heavy (non-hydrogen) atoms. The normalized spacial score (nSPS) is 11.1. The molecule has 0 fully saturated rings. The summed E-state index contributed by atoms with van der Waals surface area (Å²) >= 11 is 0. The van der Waals surface area contributed by atoms with Gasteiger partial charge in [0.05, 0.1) is 22.6 Å². The van der Waals surface area contributed by atoms with Crippen molar-refractivity contribution in [2.45, 2.75) is 54.1 Å². The van der Waals surface area contributed by atoms with E-state index in [1.165, 1.54) is 5.56 Å². The van der Waals surface area contributed by atoms with Crippen LogP contribution in [0.15, 0.2) is 59.7 Å². The molecule has 4 aromatic rings. The second kappa shape index (κ2) is 9.59. The summed E-state index contributed by atoms with van der Waals surface area (Å²) < 4.78 is 7.73. The molecule has 3 aromatic heterocycles. The highest BCUT2D eigenvalue weighted by molar-refractivity contribution is 5.61. The first-order valence-corrected chi connectivity index (χ1v) is 11.5. The number of rotatable bonds is 6. The monoisotopic (exact) mass is 454 g/mol. The summed E-state index contributed by atoms with van der Waals surface area (Å²) in [6.45, 7) is 12.3. The number of benzene rings is 1. The number of aromatic nitrogens is 4. The number of hydrogen-bond donors (Lipinski definition) is 0. The van der Waals surface area contributed by atoms with Crippen molar-refractivity contribution in [2.75, 3.05) is 0 Å². The average Bonchev–Trinajstić information content (AvgIpc) is 2.81. The fraction of sp³-hybridized carbons (Fsp3) is 0.286. The van der Waals surface area contributed by atoms with Crippen LogP contribution in [0.3, 0.4) is 0 Å². The van der Waals surface area contributed by atoms with Gasteiger partial charge in [0.1, 0.15) is 18.2 Å². The number of ether oxygens (including phenoxy) is 1. The highest BCUT2D eigenvalue weighted by atomic mass is 16.5. The van der Waals surface area contributed by atoms with Crippen molar-refractivity contribution in [3.63, 3.8) is 0 Å². The molecule has 6 nitrogen and oxygen atoms in total. The summed E-state index contributed by atoms with van der Waals surface area (Å²) in [4.78, 5) is 27.1. The maximum absolute atomic E-state index is 13.4. The first-order chi connectivity index (χ1) is 16.2. The second-order valence-corrected chi connectivity index (χ2v) is 9.01. The van der Waals surface area contributed by atoms with Gasteiger partial charge >= 0.3 is 0 Å². The van der Waals surface area contributed by atoms with Crippen molar-refractivity contribution >= 4 is 0 Å². The number of nitrogens with zero attached hydrogens (tertiary/aromatic N) is 4. The van der Waals surface area contributed by atoms with Gasteiger partial charge in [0, 0.05) is 30.1 Å². The third-order valence-corrected chi connectivity index (χ3v) is 5.81. The maximum atomic E-state index is 13.4. The van der Waals surface area contributed by atoms with Crippen LogP contribution >= 0.6 is 0 Å². The van der Waals surface area contributed by atoms with E-state index < -0.39 is 0 Å². The minimum atomic E-state index is -0.112. The van der Waals surface area contributed by atoms with Gasteiger partial charge in [0.2, 0.25) is 0 Å². The lowest BCUT2D eigenvalue weighted by Gasteiger charge is -2.16. The van der Waals surface area contributed by atoms with E-state index in [1.54, 1.807) is 17.7 Å². The van der Waals surface area contributed by atoms with Crippen molar-refractivity contribution in [2.24, 2.45) is 0 Å². The molecular formula is C28H30N4O2. The van der Waals surface area contributed by atoms with E-state index in [0.29, 0.717) is 23.6 Å². The zero-order chi connectivity index (χ0) is 24.4. The summed E-state index contributed by atoms with van der Waals surface area (Å²) in [5, 5.41) is 0. The van der Waals surface area contributed by atoms with Gasteiger partial charge in [0.25, 0.3) is 5.56 Å². The minimum Gasteiger partial charge on any atom is -0.488 e. The molecule has 0 saturated heterocycles. The molecule has 4 rings (SSSR count). The Morgan fingerprint density at radius 1 is 1.00 bits per heavy atom. The van der Waals surface area contributed by atoms with E-state index >= 15 is 0 Å². The van der Waals surface area contributed by atoms with Crippen LogP contribution in [0, 0.1) is 27.7 Å². The molecule has 0 radical (unpaired) electrons. The standard InChI is InChI=1S/C28H30N4O2/c1-17(2)27-30-15-19(4)26(31-27)24-14-23(10-11-29-24)32-20(5)13-25(21(6)28(32)33)34-16-22-9-7-8-18(3)12-22/h7-15,17H,16H2,1-6H3. The molecule has 0 aliphatic carbocycles. The Balaban J connectivity index is 1.70. The molecule has 0 unspecified atom stereocenters. The smallest absolute Gasteiger partial charge is 0.261 e. The lowest BCUT2D eigenvalue weighted by Crippen LogP contribution is -2.23. The molecule has 0 N–H and O–H groups in total. The van der Waals surface area contributed by atoms with Crippen molar-refractivity contribution in [3.8, 4) is 22.8 Å². The Hall–Kier alpha value is -3.80. The maximum Gasteiger partial charge on any atom is 0.261 e. The van der Waals surface area contributed by atoms with Crippen LogP contribution in [0.5, 0.6) is 5.75 Å². The van der Waals surface area contributed by atoms with Crippen LogP contribution < -0.4 is 10.3 Å². The van der Waals surface area contributed by atoms with Crippen molar-refractivity contribution in [1.29, 1.82) is 0 Å². The fourth-order valence-corrected chi connectivity index (χ4v) is 3.91. The van der Waals surface area contributed by atoms with Crippen LogP contribution in [0.2, 0.25) is 0 Å². The largest absolute Gasteiger partial charge is 0.488 e. The molecule has 6 heteroatoms. The third-order valence-electron chi connectivity index (χ3n) is 5.81. The third kappa shape index (κ3) is 4.76. The molecule has 0 aliphatic rings. The topological polar surface area (TPSA) is 69.9 Å². The Morgan fingerprint density at radius 2 is 1.79 bits per heavy atom. The highest BCUT2D eigenvalue weighted by Crippen LogP contribution is 2.25. The van der Waals surface area contributed by atoms with Gasteiger partial charge in [-0.15, -0.1) is 0 Å². The van der Waals surface area contributed by atoms with Gasteiger partial charge in [-0.2, -0.15) is 0 Å². The van der Waals surface area contributed by atoms with E-state index in [4.69, 9.17) is 9.72 Å². The summed E-state index contributed by atoms with van der Waals surface area (Å²) in [5.41, 5.74) is 6.66. The summed E-state index contributed by atoms with van der Waals surface area (Å²) in [6.07, 6.45) is 3.54. The van der Waals surface area contributed by atoms with Crippen LogP contribution in [0.1, 0.15) is 53.5 Å². The Morgan fingerprint density at radius 3 is 2.53 bits per heavy atom. The summed E-state index contributed by atoms with van der Waals surface area (Å²) in [7, 11) is 0. The SMILES string of the molecule is Cc1cccc(COc2cc(C)n(-c3ccnc(-c4nc(C(C)C)ncc4C)c3)c(=O)c2C)c1. The molecule has 0 aliphatic heterocycles. The van der Waals surface area contributed by atoms with Crippen molar-refractivity contribution in [3.05, 3.63) is 99.0 Å². The van der Waals surface area contributed by atoms with E-state index in [2.05, 4.69) is 42.9 Å². The van der Waals surface area contributed by atoms with Gasteiger partial charge in [-0.25, -0.2) is 9.97 Å². The first-order valence-electron chi connectivity index (χ1n) is 11.5. The Bertz CT molecular complexity index is 1410. The molecule has 0 saturated carbocycles. The minimum absolute atomic E-state index is 0.112. The lowest BCUT2D eigenvalue weighted by molar-refractivity contribution is 0.302. The Kier molecular flexibility index (Phi) is 6.59. The summed E-state index contributed by atoms with van der Waals surface area (Å²) in [5.74, 6) is 1.58. The van der Waals surface area contributed by atoms with E-state index in [0.717, 1.165) is 34.0 Å². The van der Waals surface area contributed by atoms with Gasteiger partial charge in [-0.3, -0.25) is 14.3 Å². The molecule has 3 heterocycles. The van der Waals surface area contributed by atoms with Crippen LogP contribution in [0.25, 0.3) is 17.1 Å². The Labute approximate surface area is 200 Å². The zero-order valence-electron chi connectivity index (χ0n) is 20.6. The number of pyridine rings is 2. The van der Waals surface area contributed by atoms with Gasteiger partial charge in [0.15, 0.2) is 0 Å². The van der Waals surface area contributed by atoms with Crippen LogP contribution in [-0.2, 0) is 6.61 Å². The van der Waals surface area contributed by atoms with Gasteiger partial charge in [-0.1, -0.05) is 43.7 Å². The predicted octanol–water partition coefficient (Wildman–Crippen LogP) is 5.63.